The highest BCUT2D eigenvalue weighted by Crippen LogP contribution is 2.26. The van der Waals surface area contributed by atoms with E-state index in [4.69, 9.17) is 0 Å². The van der Waals surface area contributed by atoms with Crippen LogP contribution < -0.4 is 10.6 Å². The summed E-state index contributed by atoms with van der Waals surface area (Å²) in [6.07, 6.45) is 0. The van der Waals surface area contributed by atoms with Gasteiger partial charge in [-0.1, -0.05) is 24.3 Å². The van der Waals surface area contributed by atoms with Gasteiger partial charge in [-0.2, -0.15) is 0 Å². The van der Waals surface area contributed by atoms with Gasteiger partial charge in [0.15, 0.2) is 0 Å². The third kappa shape index (κ3) is 3.84. The van der Waals surface area contributed by atoms with E-state index in [0.717, 1.165) is 28.0 Å². The number of carbonyl (C=O) groups excluding carboxylic acids is 1. The van der Waals surface area contributed by atoms with Crippen molar-refractivity contribution >= 4 is 33.2 Å². The highest BCUT2D eigenvalue weighted by atomic mass is 79.9. The zero-order valence-electron chi connectivity index (χ0n) is 11.5. The predicted octanol–water partition coefficient (Wildman–Crippen LogP) is 4.33. The molecule has 4 heteroatoms. The number of carbonyl (C=O) groups is 1. The molecule has 0 saturated carbocycles. The molecule has 0 heterocycles. The van der Waals surface area contributed by atoms with Gasteiger partial charge in [0, 0.05) is 29.3 Å². The Bertz CT molecular complexity index is 608. The molecular formula is C16H17BrN2O. The van der Waals surface area contributed by atoms with Gasteiger partial charge in [0.2, 0.25) is 5.91 Å². The van der Waals surface area contributed by atoms with Crippen LogP contribution in [0.25, 0.3) is 0 Å². The number of benzene rings is 2. The largest absolute Gasteiger partial charge is 0.380 e. The normalized spacial score (nSPS) is 10.2. The molecule has 2 aromatic rings. The molecular weight excluding hydrogens is 316 g/mol. The van der Waals surface area contributed by atoms with E-state index in [9.17, 15) is 4.79 Å². The van der Waals surface area contributed by atoms with Crippen LogP contribution in [0.1, 0.15) is 18.1 Å². The first-order chi connectivity index (χ1) is 9.56. The van der Waals surface area contributed by atoms with Gasteiger partial charge in [-0.25, -0.2) is 0 Å². The number of anilines is 2. The maximum Gasteiger partial charge on any atom is 0.221 e. The Labute approximate surface area is 127 Å². The summed E-state index contributed by atoms with van der Waals surface area (Å²) in [5.41, 5.74) is 4.26. The zero-order chi connectivity index (χ0) is 14.5. The van der Waals surface area contributed by atoms with E-state index in [1.54, 1.807) is 0 Å². The van der Waals surface area contributed by atoms with Crippen LogP contribution >= 0.6 is 15.9 Å². The highest BCUT2D eigenvalue weighted by Gasteiger charge is 2.02. The van der Waals surface area contributed by atoms with Gasteiger partial charge in [-0.05, 0) is 52.2 Å². The van der Waals surface area contributed by atoms with Crippen molar-refractivity contribution in [3.8, 4) is 0 Å². The standard InChI is InChI=1S/C16H17BrN2O/c1-11-4-3-5-15(16(11)17)18-10-13-6-8-14(9-7-13)19-12(2)20/h3-9,18H,10H2,1-2H3,(H,19,20). The molecule has 1 amide bonds. The Morgan fingerprint density at radius 2 is 1.85 bits per heavy atom. The van der Waals surface area contributed by atoms with E-state index in [1.165, 1.54) is 12.5 Å². The third-order valence-corrected chi connectivity index (χ3v) is 4.00. The molecule has 104 valence electrons. The number of amides is 1. The van der Waals surface area contributed by atoms with Crippen LogP contribution in [-0.2, 0) is 11.3 Å². The second-order valence-corrected chi connectivity index (χ2v) is 5.46. The molecule has 0 spiro atoms. The summed E-state index contributed by atoms with van der Waals surface area (Å²) in [5, 5.41) is 6.15. The lowest BCUT2D eigenvalue weighted by molar-refractivity contribution is -0.114. The Kier molecular flexibility index (Phi) is 4.79. The van der Waals surface area contributed by atoms with Crippen LogP contribution in [0.15, 0.2) is 46.9 Å². The van der Waals surface area contributed by atoms with Crippen molar-refractivity contribution in [1.29, 1.82) is 0 Å². The smallest absolute Gasteiger partial charge is 0.221 e. The topological polar surface area (TPSA) is 41.1 Å². The first-order valence-electron chi connectivity index (χ1n) is 6.42. The summed E-state index contributed by atoms with van der Waals surface area (Å²) in [6.45, 7) is 4.31. The van der Waals surface area contributed by atoms with Gasteiger partial charge in [-0.3, -0.25) is 4.79 Å². The van der Waals surface area contributed by atoms with Crippen molar-refractivity contribution in [3.05, 3.63) is 58.1 Å². The van der Waals surface area contributed by atoms with Crippen molar-refractivity contribution in [2.24, 2.45) is 0 Å². The van der Waals surface area contributed by atoms with Crippen molar-refractivity contribution in [2.75, 3.05) is 10.6 Å². The number of hydrogen-bond donors (Lipinski definition) is 2. The summed E-state index contributed by atoms with van der Waals surface area (Å²) in [4.78, 5) is 10.9. The molecule has 0 unspecified atom stereocenters. The van der Waals surface area contributed by atoms with E-state index in [1.807, 2.05) is 36.4 Å². The van der Waals surface area contributed by atoms with Crippen molar-refractivity contribution in [1.82, 2.24) is 0 Å². The van der Waals surface area contributed by atoms with Crippen LogP contribution in [0.2, 0.25) is 0 Å². The molecule has 0 aliphatic heterocycles. The minimum atomic E-state index is -0.0560. The fourth-order valence-electron chi connectivity index (χ4n) is 1.89. The van der Waals surface area contributed by atoms with Crippen molar-refractivity contribution < 1.29 is 4.79 Å². The Hall–Kier alpha value is -1.81. The van der Waals surface area contributed by atoms with Crippen LogP contribution in [0, 0.1) is 6.92 Å². The first-order valence-corrected chi connectivity index (χ1v) is 7.21. The number of aryl methyl sites for hydroxylation is 1. The lowest BCUT2D eigenvalue weighted by Crippen LogP contribution is -2.06. The molecule has 2 aromatic carbocycles. The molecule has 20 heavy (non-hydrogen) atoms. The molecule has 0 radical (unpaired) electrons. The van der Waals surface area contributed by atoms with Crippen LogP contribution in [0.5, 0.6) is 0 Å². The van der Waals surface area contributed by atoms with Gasteiger partial charge in [0.05, 0.1) is 0 Å². The molecule has 0 atom stereocenters. The minimum Gasteiger partial charge on any atom is -0.380 e. The van der Waals surface area contributed by atoms with Gasteiger partial charge in [0.1, 0.15) is 0 Å². The average Bonchev–Trinajstić information content (AvgIpc) is 2.41. The second-order valence-electron chi connectivity index (χ2n) is 4.67. The van der Waals surface area contributed by atoms with Crippen molar-refractivity contribution in [2.45, 2.75) is 20.4 Å². The van der Waals surface area contributed by atoms with Crippen molar-refractivity contribution in [3.63, 3.8) is 0 Å². The fraction of sp³-hybridized carbons (Fsp3) is 0.188. The molecule has 3 nitrogen and oxygen atoms in total. The van der Waals surface area contributed by atoms with E-state index in [0.29, 0.717) is 0 Å². The Balaban J connectivity index is 2.00. The highest BCUT2D eigenvalue weighted by molar-refractivity contribution is 9.10. The molecule has 0 aliphatic carbocycles. The summed E-state index contributed by atoms with van der Waals surface area (Å²) < 4.78 is 1.09. The number of nitrogens with one attached hydrogen (secondary N) is 2. The Morgan fingerprint density at radius 1 is 1.15 bits per heavy atom. The maximum absolute atomic E-state index is 10.9. The summed E-state index contributed by atoms with van der Waals surface area (Å²) in [6, 6.07) is 14.0. The maximum atomic E-state index is 10.9. The molecule has 0 saturated heterocycles. The molecule has 0 fully saturated rings. The number of halogens is 1. The average molecular weight is 333 g/mol. The van der Waals surface area contributed by atoms with E-state index >= 15 is 0 Å². The summed E-state index contributed by atoms with van der Waals surface area (Å²) in [5.74, 6) is -0.0560. The minimum absolute atomic E-state index is 0.0560. The van der Waals surface area contributed by atoms with E-state index in [-0.39, 0.29) is 5.91 Å². The van der Waals surface area contributed by atoms with E-state index in [2.05, 4.69) is 39.6 Å². The lowest BCUT2D eigenvalue weighted by atomic mass is 10.2. The zero-order valence-corrected chi connectivity index (χ0v) is 13.1. The second kappa shape index (κ2) is 6.57. The monoisotopic (exact) mass is 332 g/mol. The molecule has 2 N–H and O–H groups in total. The molecule has 0 aliphatic rings. The SMILES string of the molecule is CC(=O)Nc1ccc(CNc2cccc(C)c2Br)cc1. The van der Waals surface area contributed by atoms with Gasteiger partial charge < -0.3 is 10.6 Å². The number of hydrogen-bond acceptors (Lipinski definition) is 2. The summed E-state index contributed by atoms with van der Waals surface area (Å²) in [7, 11) is 0. The van der Waals surface area contributed by atoms with E-state index < -0.39 is 0 Å². The molecule has 0 aromatic heterocycles. The summed E-state index contributed by atoms with van der Waals surface area (Å²) >= 11 is 3.58. The Morgan fingerprint density at radius 3 is 2.50 bits per heavy atom. The molecule has 0 bridgehead atoms. The fourth-order valence-corrected chi connectivity index (χ4v) is 2.29. The van der Waals surface area contributed by atoms with Gasteiger partial charge in [0.25, 0.3) is 0 Å². The van der Waals surface area contributed by atoms with Crippen LogP contribution in [-0.4, -0.2) is 5.91 Å². The van der Waals surface area contributed by atoms with Crippen LogP contribution in [0.4, 0.5) is 11.4 Å². The number of rotatable bonds is 4. The lowest BCUT2D eigenvalue weighted by Gasteiger charge is -2.11. The quantitative estimate of drug-likeness (QED) is 0.874. The predicted molar refractivity (Wildman–Crippen MR) is 87.0 cm³/mol. The first kappa shape index (κ1) is 14.6. The molecule has 2 rings (SSSR count). The van der Waals surface area contributed by atoms with Gasteiger partial charge in [-0.15, -0.1) is 0 Å². The van der Waals surface area contributed by atoms with Gasteiger partial charge >= 0.3 is 0 Å². The van der Waals surface area contributed by atoms with Crippen LogP contribution in [0.3, 0.4) is 0 Å². The third-order valence-electron chi connectivity index (χ3n) is 2.95.